The van der Waals surface area contributed by atoms with Crippen LogP contribution in [0.15, 0.2) is 18.2 Å². The van der Waals surface area contributed by atoms with Gasteiger partial charge in [0.05, 0.1) is 5.69 Å². The summed E-state index contributed by atoms with van der Waals surface area (Å²) in [5, 5.41) is 0. The summed E-state index contributed by atoms with van der Waals surface area (Å²) in [6.45, 7) is 5.91. The van der Waals surface area contributed by atoms with E-state index >= 15 is 0 Å². The molecule has 0 spiro atoms. The zero-order valence-corrected chi connectivity index (χ0v) is 12.2. The van der Waals surface area contributed by atoms with E-state index in [2.05, 4.69) is 0 Å². The van der Waals surface area contributed by atoms with Crippen LogP contribution >= 0.6 is 0 Å². The summed E-state index contributed by atoms with van der Waals surface area (Å²) in [6.07, 6.45) is 0. The van der Waals surface area contributed by atoms with Gasteiger partial charge in [0.2, 0.25) is 5.91 Å². The first-order valence-electron chi connectivity index (χ1n) is 6.59. The first kappa shape index (κ1) is 14.5. The molecule has 1 fully saturated rings. The van der Waals surface area contributed by atoms with Gasteiger partial charge in [-0.25, -0.2) is 4.39 Å². The van der Waals surface area contributed by atoms with Crippen molar-refractivity contribution in [3.8, 4) is 0 Å². The average Bonchev–Trinajstić information content (AvgIpc) is 2.37. The molecule has 1 amide bonds. The molecule has 108 valence electrons. The molecule has 0 unspecified atom stereocenters. The maximum absolute atomic E-state index is 14.2. The number of piperazine rings is 1. The zero-order valence-electron chi connectivity index (χ0n) is 12.2. The largest absolute Gasteiger partial charge is 0.353 e. The number of carbonyl (C=O) groups excluding carboxylic acids is 2. The molecule has 2 rings (SSSR count). The number of hydrogen-bond donors (Lipinski definition) is 0. The molecule has 0 saturated carbocycles. The summed E-state index contributed by atoms with van der Waals surface area (Å²) < 4.78 is 14.2. The monoisotopic (exact) mass is 278 g/mol. The maximum atomic E-state index is 14.2. The van der Waals surface area contributed by atoms with Crippen LogP contribution in [-0.4, -0.2) is 42.3 Å². The quantitative estimate of drug-likeness (QED) is 0.778. The van der Waals surface area contributed by atoms with Crippen molar-refractivity contribution in [2.24, 2.45) is 0 Å². The Morgan fingerprint density at radius 3 is 2.55 bits per heavy atom. The number of Topliss-reactive ketones (excluding diaryl/α,β-unsaturated/α-hetero) is 1. The number of carbonyl (C=O) groups is 2. The van der Waals surface area contributed by atoms with Crippen LogP contribution in [0, 0.1) is 5.82 Å². The Morgan fingerprint density at radius 1 is 1.30 bits per heavy atom. The molecule has 0 N–H and O–H groups in total. The number of hydrogen-bond acceptors (Lipinski definition) is 3. The highest BCUT2D eigenvalue weighted by Crippen LogP contribution is 2.33. The summed E-state index contributed by atoms with van der Waals surface area (Å²) in [4.78, 5) is 27.4. The van der Waals surface area contributed by atoms with E-state index in [9.17, 15) is 14.0 Å². The number of likely N-dealkylation sites (N-methyl/N-ethyl adjacent to an activating group) is 1. The molecule has 1 heterocycles. The van der Waals surface area contributed by atoms with Crippen LogP contribution in [0.25, 0.3) is 0 Å². The van der Waals surface area contributed by atoms with Crippen LogP contribution in [0.5, 0.6) is 0 Å². The van der Waals surface area contributed by atoms with E-state index in [0.717, 1.165) is 0 Å². The van der Waals surface area contributed by atoms with Gasteiger partial charge < -0.3 is 9.80 Å². The number of ketones is 1. The molecule has 1 aromatic carbocycles. The molecule has 0 aliphatic carbocycles. The Balaban J connectivity index is 2.57. The number of halogens is 1. The van der Waals surface area contributed by atoms with Crippen molar-refractivity contribution in [2.45, 2.75) is 26.3 Å². The second-order valence-electron chi connectivity index (χ2n) is 5.63. The lowest BCUT2D eigenvalue weighted by molar-refractivity contribution is -0.136. The standard InChI is InChI=1S/C15H19FN2O2/c1-10(19)11-6-5-7-12(16)13(11)18-9-8-17(4)14(20)15(18,2)3/h5-7H,8-9H2,1-4H3. The highest BCUT2D eigenvalue weighted by molar-refractivity contribution is 6.01. The van der Waals surface area contributed by atoms with E-state index in [1.807, 2.05) is 0 Å². The number of amides is 1. The Morgan fingerprint density at radius 2 is 1.95 bits per heavy atom. The third-order valence-corrected chi connectivity index (χ3v) is 3.84. The van der Waals surface area contributed by atoms with Crippen molar-refractivity contribution >= 4 is 17.4 Å². The lowest BCUT2D eigenvalue weighted by Crippen LogP contribution is -2.62. The minimum absolute atomic E-state index is 0.0819. The van der Waals surface area contributed by atoms with Crippen molar-refractivity contribution < 1.29 is 14.0 Å². The summed E-state index contributed by atoms with van der Waals surface area (Å²) in [5.41, 5.74) is -0.332. The maximum Gasteiger partial charge on any atom is 0.247 e. The number of benzene rings is 1. The minimum Gasteiger partial charge on any atom is -0.353 e. The first-order chi connectivity index (χ1) is 9.26. The van der Waals surface area contributed by atoms with Crippen LogP contribution < -0.4 is 4.90 Å². The molecular weight excluding hydrogens is 259 g/mol. The molecule has 5 heteroatoms. The Bertz CT molecular complexity index is 569. The van der Waals surface area contributed by atoms with E-state index in [-0.39, 0.29) is 17.4 Å². The van der Waals surface area contributed by atoms with Crippen LogP contribution in [-0.2, 0) is 4.79 Å². The van der Waals surface area contributed by atoms with Crippen LogP contribution in [0.3, 0.4) is 0 Å². The number of rotatable bonds is 2. The van der Waals surface area contributed by atoms with Gasteiger partial charge in [0.25, 0.3) is 0 Å². The van der Waals surface area contributed by atoms with Crippen molar-refractivity contribution in [2.75, 3.05) is 25.0 Å². The topological polar surface area (TPSA) is 40.6 Å². The second kappa shape index (κ2) is 4.89. The van der Waals surface area contributed by atoms with Crippen molar-refractivity contribution in [1.82, 2.24) is 4.90 Å². The summed E-state index contributed by atoms with van der Waals surface area (Å²) in [7, 11) is 1.73. The predicted molar refractivity (Wildman–Crippen MR) is 75.5 cm³/mol. The van der Waals surface area contributed by atoms with E-state index in [1.165, 1.54) is 19.1 Å². The number of nitrogens with zero attached hydrogens (tertiary/aromatic N) is 2. The molecule has 0 bridgehead atoms. The smallest absolute Gasteiger partial charge is 0.247 e. The summed E-state index contributed by atoms with van der Waals surface area (Å²) in [5.74, 6) is -0.758. The van der Waals surface area contributed by atoms with Gasteiger partial charge in [0, 0.05) is 25.7 Å². The molecule has 1 aliphatic heterocycles. The van der Waals surface area contributed by atoms with Gasteiger partial charge in [0.15, 0.2) is 5.78 Å². The van der Waals surface area contributed by atoms with Gasteiger partial charge in [-0.05, 0) is 32.9 Å². The summed E-state index contributed by atoms with van der Waals surface area (Å²) in [6, 6.07) is 4.43. The highest BCUT2D eigenvalue weighted by Gasteiger charge is 2.42. The molecule has 0 radical (unpaired) electrons. The minimum atomic E-state index is -0.876. The Hall–Kier alpha value is -1.91. The van der Waals surface area contributed by atoms with Crippen molar-refractivity contribution in [1.29, 1.82) is 0 Å². The second-order valence-corrected chi connectivity index (χ2v) is 5.63. The van der Waals surface area contributed by atoms with Crippen molar-refractivity contribution in [3.05, 3.63) is 29.6 Å². The molecular formula is C15H19FN2O2. The Labute approximate surface area is 118 Å². The average molecular weight is 278 g/mol. The number of anilines is 1. The first-order valence-corrected chi connectivity index (χ1v) is 6.59. The fourth-order valence-electron chi connectivity index (χ4n) is 2.68. The van der Waals surface area contributed by atoms with Gasteiger partial charge in [-0.2, -0.15) is 0 Å². The Kier molecular flexibility index (Phi) is 3.54. The molecule has 4 nitrogen and oxygen atoms in total. The molecule has 20 heavy (non-hydrogen) atoms. The zero-order chi connectivity index (χ0) is 15.1. The van der Waals surface area contributed by atoms with E-state index in [0.29, 0.717) is 18.7 Å². The SMILES string of the molecule is CC(=O)c1cccc(F)c1N1CCN(C)C(=O)C1(C)C. The van der Waals surface area contributed by atoms with Gasteiger partial charge >= 0.3 is 0 Å². The molecule has 0 atom stereocenters. The van der Waals surface area contributed by atoms with Crippen LogP contribution in [0.4, 0.5) is 10.1 Å². The normalized spacial score (nSPS) is 18.4. The molecule has 0 aromatic heterocycles. The number of para-hydroxylation sites is 1. The van der Waals surface area contributed by atoms with Gasteiger partial charge in [-0.3, -0.25) is 9.59 Å². The molecule has 1 aromatic rings. The third-order valence-electron chi connectivity index (χ3n) is 3.84. The van der Waals surface area contributed by atoms with E-state index < -0.39 is 11.4 Å². The van der Waals surface area contributed by atoms with Crippen LogP contribution in [0.1, 0.15) is 31.1 Å². The fourth-order valence-corrected chi connectivity index (χ4v) is 2.68. The lowest BCUT2D eigenvalue weighted by atomic mass is 9.95. The van der Waals surface area contributed by atoms with Gasteiger partial charge in [-0.1, -0.05) is 6.07 Å². The molecule has 1 saturated heterocycles. The third kappa shape index (κ3) is 2.17. The molecule has 1 aliphatic rings. The van der Waals surface area contributed by atoms with Gasteiger partial charge in [-0.15, -0.1) is 0 Å². The highest BCUT2D eigenvalue weighted by atomic mass is 19.1. The fraction of sp³-hybridized carbons (Fsp3) is 0.467. The van der Waals surface area contributed by atoms with Gasteiger partial charge in [0.1, 0.15) is 11.4 Å². The predicted octanol–water partition coefficient (Wildman–Crippen LogP) is 2.09. The van der Waals surface area contributed by atoms with E-state index in [4.69, 9.17) is 0 Å². The van der Waals surface area contributed by atoms with Crippen molar-refractivity contribution in [3.63, 3.8) is 0 Å². The van der Waals surface area contributed by atoms with E-state index in [1.54, 1.807) is 36.8 Å². The summed E-state index contributed by atoms with van der Waals surface area (Å²) >= 11 is 0. The lowest BCUT2D eigenvalue weighted by Gasteiger charge is -2.46. The van der Waals surface area contributed by atoms with Crippen LogP contribution in [0.2, 0.25) is 0 Å².